The molecule has 0 amide bonds. The second-order valence-corrected chi connectivity index (χ2v) is 4.54. The van der Waals surface area contributed by atoms with Crippen LogP contribution in [0.25, 0.3) is 11.1 Å². The van der Waals surface area contributed by atoms with Gasteiger partial charge >= 0.3 is 6.18 Å². The fraction of sp³-hybridized carbons (Fsp3) is 0.154. The van der Waals surface area contributed by atoms with Gasteiger partial charge in [-0.2, -0.15) is 13.2 Å². The Kier molecular flexibility index (Phi) is 3.61. The molecule has 2 rings (SSSR count). The summed E-state index contributed by atoms with van der Waals surface area (Å²) in [6.07, 6.45) is -1.28. The molecule has 0 N–H and O–H groups in total. The van der Waals surface area contributed by atoms with Crippen LogP contribution in [0.4, 0.5) is 13.2 Å². The highest BCUT2D eigenvalue weighted by Gasteiger charge is 2.32. The Morgan fingerprint density at radius 1 is 1.00 bits per heavy atom. The summed E-state index contributed by atoms with van der Waals surface area (Å²) in [5.74, 6) is 0. The Hall–Kier alpha value is -1.49. The van der Waals surface area contributed by atoms with Crippen LogP contribution in [0.15, 0.2) is 47.5 Å². The molecule has 0 bridgehead atoms. The number of aromatic nitrogens is 1. The Morgan fingerprint density at radius 2 is 1.67 bits per heavy atom. The lowest BCUT2D eigenvalue weighted by Gasteiger charge is -2.08. The van der Waals surface area contributed by atoms with Crippen molar-refractivity contribution in [3.05, 3.63) is 48.3 Å². The van der Waals surface area contributed by atoms with E-state index < -0.39 is 11.9 Å². The van der Waals surface area contributed by atoms with Crippen molar-refractivity contribution in [2.45, 2.75) is 11.1 Å². The first-order chi connectivity index (χ1) is 8.50. The molecule has 18 heavy (non-hydrogen) atoms. The summed E-state index contributed by atoms with van der Waals surface area (Å²) >= 11 is 1.59. The molecule has 0 radical (unpaired) electrons. The van der Waals surface area contributed by atoms with E-state index in [1.165, 1.54) is 6.20 Å². The lowest BCUT2D eigenvalue weighted by Crippen LogP contribution is -2.07. The SMILES string of the molecule is CSc1ccc(-c2ccnc(C(F)(F)F)c2)cc1. The first-order valence-corrected chi connectivity index (χ1v) is 6.41. The fourth-order valence-electron chi connectivity index (χ4n) is 1.55. The van der Waals surface area contributed by atoms with Crippen molar-refractivity contribution in [2.24, 2.45) is 0 Å². The first-order valence-electron chi connectivity index (χ1n) is 5.18. The Balaban J connectivity index is 2.38. The maximum absolute atomic E-state index is 12.5. The Labute approximate surface area is 107 Å². The van der Waals surface area contributed by atoms with Crippen molar-refractivity contribution in [2.75, 3.05) is 6.26 Å². The van der Waals surface area contributed by atoms with Crippen LogP contribution in [0.3, 0.4) is 0 Å². The van der Waals surface area contributed by atoms with Gasteiger partial charge in [-0.15, -0.1) is 11.8 Å². The van der Waals surface area contributed by atoms with Gasteiger partial charge in [0, 0.05) is 11.1 Å². The van der Waals surface area contributed by atoms with Crippen LogP contribution in [-0.2, 0) is 6.18 Å². The van der Waals surface area contributed by atoms with Crippen molar-refractivity contribution in [1.29, 1.82) is 0 Å². The lowest BCUT2D eigenvalue weighted by molar-refractivity contribution is -0.141. The van der Waals surface area contributed by atoms with Crippen molar-refractivity contribution < 1.29 is 13.2 Å². The minimum Gasteiger partial charge on any atom is -0.252 e. The lowest BCUT2D eigenvalue weighted by atomic mass is 10.1. The number of benzene rings is 1. The predicted octanol–water partition coefficient (Wildman–Crippen LogP) is 4.49. The van der Waals surface area contributed by atoms with E-state index in [2.05, 4.69) is 4.98 Å². The van der Waals surface area contributed by atoms with Crippen LogP contribution in [-0.4, -0.2) is 11.2 Å². The number of rotatable bonds is 2. The van der Waals surface area contributed by atoms with Crippen LogP contribution in [0, 0.1) is 0 Å². The van der Waals surface area contributed by atoms with Gasteiger partial charge in [-0.1, -0.05) is 12.1 Å². The minimum atomic E-state index is -4.41. The quantitative estimate of drug-likeness (QED) is 0.745. The largest absolute Gasteiger partial charge is 0.433 e. The molecule has 0 atom stereocenters. The van der Waals surface area contributed by atoms with E-state index in [1.807, 2.05) is 18.4 Å². The van der Waals surface area contributed by atoms with Gasteiger partial charge in [0.2, 0.25) is 0 Å². The van der Waals surface area contributed by atoms with Crippen molar-refractivity contribution >= 4 is 11.8 Å². The second kappa shape index (κ2) is 5.02. The summed E-state index contributed by atoms with van der Waals surface area (Å²) in [6.45, 7) is 0. The molecule has 1 aromatic carbocycles. The second-order valence-electron chi connectivity index (χ2n) is 3.66. The molecule has 0 aliphatic rings. The van der Waals surface area contributed by atoms with Crippen molar-refractivity contribution in [1.82, 2.24) is 4.98 Å². The number of pyridine rings is 1. The third-order valence-corrected chi connectivity index (χ3v) is 3.22. The molecular formula is C13H10F3NS. The molecule has 0 fully saturated rings. The van der Waals surface area contributed by atoms with Crippen LogP contribution in [0.5, 0.6) is 0 Å². The highest BCUT2D eigenvalue weighted by atomic mass is 32.2. The van der Waals surface area contributed by atoms with Gasteiger partial charge < -0.3 is 0 Å². The van der Waals surface area contributed by atoms with Gasteiger partial charge in [-0.05, 0) is 41.6 Å². The molecular weight excluding hydrogens is 259 g/mol. The summed E-state index contributed by atoms with van der Waals surface area (Å²) in [5.41, 5.74) is 0.402. The molecule has 0 unspecified atom stereocenters. The highest BCUT2D eigenvalue weighted by molar-refractivity contribution is 7.98. The summed E-state index contributed by atoms with van der Waals surface area (Å²) in [7, 11) is 0. The third kappa shape index (κ3) is 2.85. The smallest absolute Gasteiger partial charge is 0.252 e. The Bertz CT molecular complexity index is 535. The fourth-order valence-corrected chi connectivity index (χ4v) is 1.96. The maximum Gasteiger partial charge on any atom is 0.433 e. The summed E-state index contributed by atoms with van der Waals surface area (Å²) in [4.78, 5) is 4.41. The van der Waals surface area contributed by atoms with E-state index in [-0.39, 0.29) is 0 Å². The first kappa shape index (κ1) is 13.0. The van der Waals surface area contributed by atoms with E-state index >= 15 is 0 Å². The number of halogens is 3. The summed E-state index contributed by atoms with van der Waals surface area (Å²) in [6, 6.07) is 10.0. The molecule has 0 aliphatic heterocycles. The van der Waals surface area contributed by atoms with Crippen LogP contribution >= 0.6 is 11.8 Å². The van der Waals surface area contributed by atoms with Gasteiger partial charge in [0.1, 0.15) is 5.69 Å². The molecule has 0 spiro atoms. The average Bonchev–Trinajstić information content (AvgIpc) is 2.38. The number of hydrogen-bond donors (Lipinski definition) is 0. The van der Waals surface area contributed by atoms with Crippen LogP contribution in [0.2, 0.25) is 0 Å². The van der Waals surface area contributed by atoms with Crippen molar-refractivity contribution in [3.8, 4) is 11.1 Å². The van der Waals surface area contributed by atoms with Gasteiger partial charge in [0.25, 0.3) is 0 Å². The zero-order valence-electron chi connectivity index (χ0n) is 9.53. The standard InChI is InChI=1S/C13H10F3NS/c1-18-11-4-2-9(3-5-11)10-6-7-17-12(8-10)13(14,15)16/h2-8H,1H3. The minimum absolute atomic E-state index is 0.518. The summed E-state index contributed by atoms with van der Waals surface area (Å²) < 4.78 is 37.6. The molecule has 1 heterocycles. The molecule has 0 aliphatic carbocycles. The van der Waals surface area contributed by atoms with E-state index in [0.717, 1.165) is 16.5 Å². The van der Waals surface area contributed by atoms with E-state index in [9.17, 15) is 13.2 Å². The highest BCUT2D eigenvalue weighted by Crippen LogP contribution is 2.30. The van der Waals surface area contributed by atoms with Crippen molar-refractivity contribution in [3.63, 3.8) is 0 Å². The van der Waals surface area contributed by atoms with Gasteiger partial charge in [-0.25, -0.2) is 0 Å². The maximum atomic E-state index is 12.5. The van der Waals surface area contributed by atoms with Gasteiger partial charge in [0.15, 0.2) is 0 Å². The topological polar surface area (TPSA) is 12.9 Å². The van der Waals surface area contributed by atoms with E-state index in [0.29, 0.717) is 5.56 Å². The number of alkyl halides is 3. The van der Waals surface area contributed by atoms with Crippen LogP contribution in [0.1, 0.15) is 5.69 Å². The molecule has 5 heteroatoms. The number of thioether (sulfide) groups is 1. The molecule has 1 aromatic heterocycles. The van der Waals surface area contributed by atoms with Crippen LogP contribution < -0.4 is 0 Å². The average molecular weight is 269 g/mol. The Morgan fingerprint density at radius 3 is 2.22 bits per heavy atom. The molecule has 1 nitrogen and oxygen atoms in total. The molecule has 94 valence electrons. The monoisotopic (exact) mass is 269 g/mol. The van der Waals surface area contributed by atoms with E-state index in [1.54, 1.807) is 30.0 Å². The normalized spacial score (nSPS) is 11.6. The number of hydrogen-bond acceptors (Lipinski definition) is 2. The van der Waals surface area contributed by atoms with Gasteiger partial charge in [0.05, 0.1) is 0 Å². The molecule has 0 saturated carbocycles. The third-order valence-electron chi connectivity index (χ3n) is 2.47. The molecule has 2 aromatic rings. The zero-order valence-corrected chi connectivity index (χ0v) is 10.3. The zero-order chi connectivity index (χ0) is 13.2. The number of nitrogens with zero attached hydrogens (tertiary/aromatic N) is 1. The summed E-state index contributed by atoms with van der Waals surface area (Å²) in [5, 5.41) is 0. The molecule has 0 saturated heterocycles. The predicted molar refractivity (Wildman–Crippen MR) is 66.5 cm³/mol. The van der Waals surface area contributed by atoms with E-state index in [4.69, 9.17) is 0 Å². The van der Waals surface area contributed by atoms with Gasteiger partial charge in [-0.3, -0.25) is 4.98 Å².